The van der Waals surface area contributed by atoms with Crippen molar-refractivity contribution in [2.45, 2.75) is 19.4 Å². The summed E-state index contributed by atoms with van der Waals surface area (Å²) in [5.41, 5.74) is 0. The van der Waals surface area contributed by atoms with Gasteiger partial charge in [0.1, 0.15) is 11.8 Å². The Labute approximate surface area is 110 Å². The molecule has 0 fully saturated rings. The molecule has 0 aliphatic heterocycles. The van der Waals surface area contributed by atoms with Crippen LogP contribution in [0.1, 0.15) is 13.3 Å². The molecule has 1 aromatic carbocycles. The molecule has 0 spiro atoms. The van der Waals surface area contributed by atoms with Gasteiger partial charge >= 0.3 is 5.97 Å². The standard InChI is InChI=1S/C12H14ClNO4/c1-8(12(16)17)14-11(15)6-7-18-10-4-2-9(13)3-5-10/h2-5,8H,6-7H2,1H3,(H,14,15)(H,16,17)/t8-/m1/s1. The second-order valence-corrected chi connectivity index (χ2v) is 4.12. The van der Waals surface area contributed by atoms with Crippen LogP contribution in [0.5, 0.6) is 5.75 Å². The third-order valence-electron chi connectivity index (χ3n) is 2.16. The fourth-order valence-corrected chi connectivity index (χ4v) is 1.29. The Kier molecular flexibility index (Phi) is 5.45. The molecule has 0 saturated heterocycles. The van der Waals surface area contributed by atoms with Gasteiger partial charge in [-0.15, -0.1) is 0 Å². The predicted octanol–water partition coefficient (Wildman–Crippen LogP) is 1.70. The van der Waals surface area contributed by atoms with E-state index in [1.165, 1.54) is 6.92 Å². The first-order valence-corrected chi connectivity index (χ1v) is 5.77. The number of halogens is 1. The number of aliphatic carboxylic acids is 1. The minimum Gasteiger partial charge on any atom is -0.493 e. The first kappa shape index (κ1) is 14.3. The largest absolute Gasteiger partial charge is 0.493 e. The van der Waals surface area contributed by atoms with E-state index in [1.807, 2.05) is 0 Å². The lowest BCUT2D eigenvalue weighted by atomic mass is 10.3. The monoisotopic (exact) mass is 271 g/mol. The second-order valence-electron chi connectivity index (χ2n) is 3.68. The van der Waals surface area contributed by atoms with Crippen LogP contribution in [-0.4, -0.2) is 29.6 Å². The second kappa shape index (κ2) is 6.86. The Balaban J connectivity index is 2.27. The Morgan fingerprint density at radius 2 is 2.00 bits per heavy atom. The number of benzene rings is 1. The molecule has 0 aromatic heterocycles. The Hall–Kier alpha value is -1.75. The lowest BCUT2D eigenvalue weighted by Crippen LogP contribution is -2.38. The molecule has 0 heterocycles. The zero-order valence-electron chi connectivity index (χ0n) is 9.85. The van der Waals surface area contributed by atoms with Gasteiger partial charge in [-0.1, -0.05) is 11.6 Å². The Bertz CT molecular complexity index is 419. The summed E-state index contributed by atoms with van der Waals surface area (Å²) in [6, 6.07) is 5.86. The van der Waals surface area contributed by atoms with Gasteiger partial charge in [0.15, 0.2) is 0 Å². The molecule has 18 heavy (non-hydrogen) atoms. The molecule has 1 rings (SSSR count). The molecule has 0 saturated carbocycles. The van der Waals surface area contributed by atoms with E-state index < -0.39 is 12.0 Å². The molecule has 0 unspecified atom stereocenters. The average Bonchev–Trinajstić information content (AvgIpc) is 2.31. The number of amides is 1. The maximum Gasteiger partial charge on any atom is 0.325 e. The smallest absolute Gasteiger partial charge is 0.325 e. The summed E-state index contributed by atoms with van der Waals surface area (Å²) in [6.45, 7) is 1.58. The number of hydrogen-bond donors (Lipinski definition) is 2. The zero-order chi connectivity index (χ0) is 13.5. The number of rotatable bonds is 6. The normalized spacial score (nSPS) is 11.7. The van der Waals surface area contributed by atoms with Crippen LogP contribution >= 0.6 is 11.6 Å². The third-order valence-corrected chi connectivity index (χ3v) is 2.41. The van der Waals surface area contributed by atoms with E-state index >= 15 is 0 Å². The highest BCUT2D eigenvalue weighted by Gasteiger charge is 2.13. The zero-order valence-corrected chi connectivity index (χ0v) is 10.6. The van der Waals surface area contributed by atoms with E-state index in [0.29, 0.717) is 10.8 Å². The number of carbonyl (C=O) groups is 2. The maximum atomic E-state index is 11.3. The van der Waals surface area contributed by atoms with Gasteiger partial charge in [0.25, 0.3) is 0 Å². The van der Waals surface area contributed by atoms with Gasteiger partial charge in [0.2, 0.25) is 5.91 Å². The van der Waals surface area contributed by atoms with Crippen LogP contribution in [0.4, 0.5) is 0 Å². The van der Waals surface area contributed by atoms with Crippen LogP contribution in [0, 0.1) is 0 Å². The van der Waals surface area contributed by atoms with Crippen LogP contribution in [-0.2, 0) is 9.59 Å². The minimum absolute atomic E-state index is 0.0975. The highest BCUT2D eigenvalue weighted by molar-refractivity contribution is 6.30. The van der Waals surface area contributed by atoms with Crippen molar-refractivity contribution >= 4 is 23.5 Å². The first-order valence-electron chi connectivity index (χ1n) is 5.39. The van der Waals surface area contributed by atoms with Crippen molar-refractivity contribution in [1.29, 1.82) is 0 Å². The third kappa shape index (κ3) is 5.05. The van der Waals surface area contributed by atoms with E-state index in [1.54, 1.807) is 24.3 Å². The summed E-state index contributed by atoms with van der Waals surface area (Å²) in [4.78, 5) is 21.8. The molecule has 2 N–H and O–H groups in total. The van der Waals surface area contributed by atoms with E-state index in [9.17, 15) is 9.59 Å². The molecule has 0 aliphatic carbocycles. The molecular formula is C12H14ClNO4. The van der Waals surface area contributed by atoms with Crippen molar-refractivity contribution in [1.82, 2.24) is 5.32 Å². The number of carboxylic acids is 1. The summed E-state index contributed by atoms with van der Waals surface area (Å²) in [5, 5.41) is 11.5. The summed E-state index contributed by atoms with van der Waals surface area (Å²) in [5.74, 6) is -0.820. The van der Waals surface area contributed by atoms with Crippen LogP contribution in [0.25, 0.3) is 0 Å². The van der Waals surface area contributed by atoms with Crippen molar-refractivity contribution in [3.63, 3.8) is 0 Å². The van der Waals surface area contributed by atoms with Gasteiger partial charge in [0.05, 0.1) is 13.0 Å². The van der Waals surface area contributed by atoms with Crippen molar-refractivity contribution in [3.05, 3.63) is 29.3 Å². The Morgan fingerprint density at radius 1 is 1.39 bits per heavy atom. The highest BCUT2D eigenvalue weighted by atomic mass is 35.5. The van der Waals surface area contributed by atoms with Gasteiger partial charge in [-0.05, 0) is 31.2 Å². The van der Waals surface area contributed by atoms with E-state index in [0.717, 1.165) is 0 Å². The van der Waals surface area contributed by atoms with Crippen LogP contribution in [0.15, 0.2) is 24.3 Å². The van der Waals surface area contributed by atoms with Crippen molar-refractivity contribution < 1.29 is 19.4 Å². The van der Waals surface area contributed by atoms with Gasteiger partial charge in [-0.25, -0.2) is 0 Å². The van der Waals surface area contributed by atoms with Gasteiger partial charge in [-0.2, -0.15) is 0 Å². The molecule has 0 bridgehead atoms. The van der Waals surface area contributed by atoms with Crippen molar-refractivity contribution in [3.8, 4) is 5.75 Å². The summed E-state index contributed by atoms with van der Waals surface area (Å²) >= 11 is 5.71. The van der Waals surface area contributed by atoms with Crippen LogP contribution < -0.4 is 10.1 Å². The number of ether oxygens (including phenoxy) is 1. The summed E-state index contributed by atoms with van der Waals surface area (Å²) in [7, 11) is 0. The molecule has 98 valence electrons. The minimum atomic E-state index is -1.07. The van der Waals surface area contributed by atoms with Crippen LogP contribution in [0.3, 0.4) is 0 Å². The topological polar surface area (TPSA) is 75.6 Å². The van der Waals surface area contributed by atoms with Gasteiger partial charge < -0.3 is 15.2 Å². The fourth-order valence-electron chi connectivity index (χ4n) is 1.17. The fraction of sp³-hybridized carbons (Fsp3) is 0.333. The maximum absolute atomic E-state index is 11.3. The summed E-state index contributed by atoms with van der Waals surface area (Å²) < 4.78 is 5.31. The SMILES string of the molecule is C[C@@H](NC(=O)CCOc1ccc(Cl)cc1)C(=O)O. The van der Waals surface area contributed by atoms with E-state index in [2.05, 4.69) is 5.32 Å². The molecule has 1 atom stereocenters. The molecule has 0 aliphatic rings. The van der Waals surface area contributed by atoms with Crippen molar-refractivity contribution in [2.75, 3.05) is 6.61 Å². The molecule has 1 amide bonds. The number of carboxylic acid groups (broad SMARTS) is 1. The number of nitrogens with one attached hydrogen (secondary N) is 1. The highest BCUT2D eigenvalue weighted by Crippen LogP contribution is 2.15. The van der Waals surface area contributed by atoms with Crippen molar-refractivity contribution in [2.24, 2.45) is 0 Å². The van der Waals surface area contributed by atoms with E-state index in [-0.39, 0.29) is 18.9 Å². The molecule has 5 nitrogen and oxygen atoms in total. The molecule has 0 radical (unpaired) electrons. The average molecular weight is 272 g/mol. The predicted molar refractivity (Wildman–Crippen MR) is 66.8 cm³/mol. The quantitative estimate of drug-likeness (QED) is 0.826. The molecule has 6 heteroatoms. The van der Waals surface area contributed by atoms with Gasteiger partial charge in [0, 0.05) is 5.02 Å². The first-order chi connectivity index (χ1) is 8.49. The van der Waals surface area contributed by atoms with Crippen LogP contribution in [0.2, 0.25) is 5.02 Å². The lowest BCUT2D eigenvalue weighted by molar-refractivity contribution is -0.141. The molecular weight excluding hydrogens is 258 g/mol. The Morgan fingerprint density at radius 3 is 2.56 bits per heavy atom. The number of hydrogen-bond acceptors (Lipinski definition) is 3. The molecule has 1 aromatic rings. The summed E-state index contributed by atoms with van der Waals surface area (Å²) in [6.07, 6.45) is 0.0975. The van der Waals surface area contributed by atoms with Gasteiger partial charge in [-0.3, -0.25) is 9.59 Å². The number of carbonyl (C=O) groups excluding carboxylic acids is 1. The lowest BCUT2D eigenvalue weighted by Gasteiger charge is -2.10. The van der Waals surface area contributed by atoms with E-state index in [4.69, 9.17) is 21.4 Å².